The Hall–Kier alpha value is -1.75. The maximum Gasteiger partial charge on any atom is 0.243 e. The number of nitrogens with one attached hydrogen (secondary N) is 2. The van der Waals surface area contributed by atoms with Crippen molar-refractivity contribution in [1.29, 1.82) is 0 Å². The van der Waals surface area contributed by atoms with Gasteiger partial charge in [0.2, 0.25) is 20.0 Å². The standard InChI is InChI=1S/C15H22N4O4S2/c1-12(2)18-24(20,21)11-14-6-4-13(5-7-14)8-17-25(22,23)15-9-16-19(3)10-15/h4-7,9-10,12,17-18H,8,11H2,1-3H3. The Morgan fingerprint density at radius 2 is 1.68 bits per heavy atom. The lowest BCUT2D eigenvalue weighted by molar-refractivity contribution is 0.569. The fourth-order valence-electron chi connectivity index (χ4n) is 2.17. The van der Waals surface area contributed by atoms with E-state index < -0.39 is 20.0 Å². The zero-order valence-electron chi connectivity index (χ0n) is 14.3. The molecule has 0 aliphatic rings. The lowest BCUT2D eigenvalue weighted by atomic mass is 10.1. The molecule has 1 heterocycles. The first-order valence-electron chi connectivity index (χ1n) is 7.63. The largest absolute Gasteiger partial charge is 0.274 e. The second-order valence-corrected chi connectivity index (χ2v) is 9.54. The van der Waals surface area contributed by atoms with Gasteiger partial charge in [0.15, 0.2) is 0 Å². The number of aryl methyl sites for hydroxylation is 1. The van der Waals surface area contributed by atoms with Gasteiger partial charge in [-0.15, -0.1) is 0 Å². The Morgan fingerprint density at radius 3 is 2.20 bits per heavy atom. The van der Waals surface area contributed by atoms with Crippen molar-refractivity contribution in [3.63, 3.8) is 0 Å². The molecule has 0 radical (unpaired) electrons. The molecule has 0 aliphatic heterocycles. The van der Waals surface area contributed by atoms with Gasteiger partial charge in [-0.2, -0.15) is 5.10 Å². The predicted octanol–water partition coefficient (Wildman–Crippen LogP) is 0.726. The third-order valence-corrected chi connectivity index (χ3v) is 6.15. The summed E-state index contributed by atoms with van der Waals surface area (Å²) in [5, 5.41) is 3.84. The highest BCUT2D eigenvalue weighted by Crippen LogP contribution is 2.11. The highest BCUT2D eigenvalue weighted by molar-refractivity contribution is 7.89. The fourth-order valence-corrected chi connectivity index (χ4v) is 4.61. The second-order valence-electron chi connectivity index (χ2n) is 6.02. The second kappa shape index (κ2) is 7.65. The van der Waals surface area contributed by atoms with E-state index in [1.54, 1.807) is 45.2 Å². The molecule has 2 rings (SSSR count). The molecule has 0 atom stereocenters. The summed E-state index contributed by atoms with van der Waals surface area (Å²) in [6, 6.07) is 6.59. The zero-order chi connectivity index (χ0) is 18.7. The quantitative estimate of drug-likeness (QED) is 0.695. The molecule has 0 fully saturated rings. The van der Waals surface area contributed by atoms with Gasteiger partial charge >= 0.3 is 0 Å². The van der Waals surface area contributed by atoms with Crippen LogP contribution in [-0.2, 0) is 39.4 Å². The third kappa shape index (κ3) is 5.92. The molecule has 25 heavy (non-hydrogen) atoms. The number of sulfonamides is 2. The molecule has 0 unspecified atom stereocenters. The van der Waals surface area contributed by atoms with Gasteiger partial charge in [-0.05, 0) is 25.0 Å². The van der Waals surface area contributed by atoms with E-state index in [0.29, 0.717) is 5.56 Å². The molecule has 0 aliphatic carbocycles. The van der Waals surface area contributed by atoms with Crippen LogP contribution >= 0.6 is 0 Å². The van der Waals surface area contributed by atoms with Crippen molar-refractivity contribution in [2.75, 3.05) is 0 Å². The Kier molecular flexibility index (Phi) is 5.99. The maximum atomic E-state index is 12.1. The predicted molar refractivity (Wildman–Crippen MR) is 94.6 cm³/mol. The summed E-state index contributed by atoms with van der Waals surface area (Å²) in [5.74, 6) is -0.118. The van der Waals surface area contributed by atoms with Gasteiger partial charge in [0.25, 0.3) is 0 Å². The van der Waals surface area contributed by atoms with Crippen molar-refractivity contribution in [3.05, 3.63) is 47.8 Å². The molecule has 10 heteroatoms. The van der Waals surface area contributed by atoms with Gasteiger partial charge in [0.05, 0.1) is 11.9 Å². The van der Waals surface area contributed by atoms with Crippen LogP contribution in [0.15, 0.2) is 41.6 Å². The summed E-state index contributed by atoms with van der Waals surface area (Å²) >= 11 is 0. The molecule has 2 N–H and O–H groups in total. The Morgan fingerprint density at radius 1 is 1.08 bits per heavy atom. The van der Waals surface area contributed by atoms with Gasteiger partial charge in [-0.1, -0.05) is 24.3 Å². The van der Waals surface area contributed by atoms with Crippen molar-refractivity contribution in [2.45, 2.75) is 37.1 Å². The third-order valence-electron chi connectivity index (χ3n) is 3.25. The minimum absolute atomic E-state index is 0.0949. The normalized spacial score (nSPS) is 12.6. The summed E-state index contributed by atoms with van der Waals surface area (Å²) in [5.41, 5.74) is 1.36. The van der Waals surface area contributed by atoms with E-state index in [2.05, 4.69) is 14.5 Å². The summed E-state index contributed by atoms with van der Waals surface area (Å²) in [6.45, 7) is 3.62. The van der Waals surface area contributed by atoms with Crippen LogP contribution in [-0.4, -0.2) is 32.7 Å². The van der Waals surface area contributed by atoms with E-state index >= 15 is 0 Å². The summed E-state index contributed by atoms with van der Waals surface area (Å²) in [7, 11) is -5.38. The van der Waals surface area contributed by atoms with Gasteiger partial charge in [-0.3, -0.25) is 4.68 Å². The highest BCUT2D eigenvalue weighted by Gasteiger charge is 2.16. The summed E-state index contributed by atoms with van der Waals surface area (Å²) in [4.78, 5) is 0.0949. The van der Waals surface area contributed by atoms with E-state index in [0.717, 1.165) is 5.56 Å². The molecule has 8 nitrogen and oxygen atoms in total. The van der Waals surface area contributed by atoms with Crippen molar-refractivity contribution >= 4 is 20.0 Å². The van der Waals surface area contributed by atoms with Crippen LogP contribution in [0.4, 0.5) is 0 Å². The number of hydrogen-bond donors (Lipinski definition) is 2. The van der Waals surface area contributed by atoms with Crippen LogP contribution in [0.5, 0.6) is 0 Å². The Bertz CT molecular complexity index is 917. The smallest absolute Gasteiger partial charge is 0.243 e. The number of hydrogen-bond acceptors (Lipinski definition) is 5. The number of nitrogens with zero attached hydrogens (tertiary/aromatic N) is 2. The van der Waals surface area contributed by atoms with Crippen LogP contribution in [0, 0.1) is 0 Å². The molecule has 1 aromatic heterocycles. The molecule has 0 spiro atoms. The van der Waals surface area contributed by atoms with Gasteiger partial charge in [0.1, 0.15) is 4.90 Å². The van der Waals surface area contributed by atoms with Crippen LogP contribution in [0.2, 0.25) is 0 Å². The zero-order valence-corrected chi connectivity index (χ0v) is 15.9. The molecule has 0 saturated heterocycles. The Labute approximate surface area is 148 Å². The van der Waals surface area contributed by atoms with Crippen LogP contribution in [0.25, 0.3) is 0 Å². The van der Waals surface area contributed by atoms with Gasteiger partial charge in [-0.25, -0.2) is 26.3 Å². The SMILES string of the molecule is CC(C)NS(=O)(=O)Cc1ccc(CNS(=O)(=O)c2cnn(C)c2)cc1. The number of benzene rings is 1. The first kappa shape index (κ1) is 19.6. The minimum atomic E-state index is -3.63. The average molecular weight is 386 g/mol. The first-order valence-corrected chi connectivity index (χ1v) is 10.8. The molecule has 138 valence electrons. The van der Waals surface area contributed by atoms with E-state index in [-0.39, 0.29) is 23.2 Å². The van der Waals surface area contributed by atoms with E-state index in [4.69, 9.17) is 0 Å². The van der Waals surface area contributed by atoms with E-state index in [1.807, 2.05) is 0 Å². The van der Waals surface area contributed by atoms with E-state index in [9.17, 15) is 16.8 Å². The molecule has 0 saturated carbocycles. The molecule has 2 aromatic rings. The maximum absolute atomic E-state index is 12.1. The van der Waals surface area contributed by atoms with Crippen molar-refractivity contribution in [1.82, 2.24) is 19.2 Å². The van der Waals surface area contributed by atoms with Gasteiger partial charge < -0.3 is 0 Å². The minimum Gasteiger partial charge on any atom is -0.274 e. The Balaban J connectivity index is 1.99. The van der Waals surface area contributed by atoms with Gasteiger partial charge in [0, 0.05) is 25.8 Å². The van der Waals surface area contributed by atoms with E-state index in [1.165, 1.54) is 17.1 Å². The number of rotatable bonds is 8. The molecule has 1 aromatic carbocycles. The van der Waals surface area contributed by atoms with Crippen molar-refractivity contribution in [3.8, 4) is 0 Å². The highest BCUT2D eigenvalue weighted by atomic mass is 32.2. The molecule has 0 bridgehead atoms. The lowest BCUT2D eigenvalue weighted by Crippen LogP contribution is -2.31. The first-order chi connectivity index (χ1) is 11.6. The van der Waals surface area contributed by atoms with Crippen molar-refractivity contribution < 1.29 is 16.8 Å². The summed E-state index contributed by atoms with van der Waals surface area (Å²) < 4.78 is 54.5. The lowest BCUT2D eigenvalue weighted by Gasteiger charge is -2.10. The van der Waals surface area contributed by atoms with Crippen LogP contribution in [0.3, 0.4) is 0 Å². The molecular formula is C15H22N4O4S2. The monoisotopic (exact) mass is 386 g/mol. The summed E-state index contributed by atoms with van der Waals surface area (Å²) in [6.07, 6.45) is 2.69. The fraction of sp³-hybridized carbons (Fsp3) is 0.400. The number of aromatic nitrogens is 2. The van der Waals surface area contributed by atoms with Crippen LogP contribution in [0.1, 0.15) is 25.0 Å². The topological polar surface area (TPSA) is 110 Å². The molecule has 0 amide bonds. The molecular weight excluding hydrogens is 364 g/mol. The van der Waals surface area contributed by atoms with Crippen LogP contribution < -0.4 is 9.44 Å². The average Bonchev–Trinajstić information content (AvgIpc) is 2.92. The van der Waals surface area contributed by atoms with Crippen molar-refractivity contribution in [2.24, 2.45) is 7.05 Å².